The van der Waals surface area contributed by atoms with Crippen molar-refractivity contribution in [2.45, 2.75) is 25.4 Å². The van der Waals surface area contributed by atoms with E-state index in [4.69, 9.17) is 9.47 Å². The van der Waals surface area contributed by atoms with Crippen LogP contribution in [0.4, 0.5) is 5.69 Å². The molecular weight excluding hydrogens is 590 g/mol. The van der Waals surface area contributed by atoms with E-state index >= 15 is 0 Å². The maximum atomic E-state index is 12.7. The first-order chi connectivity index (χ1) is 22.2. The summed E-state index contributed by atoms with van der Waals surface area (Å²) < 4.78 is 13.2. The molecule has 1 atom stereocenters. The van der Waals surface area contributed by atoms with Gasteiger partial charge >= 0.3 is 0 Å². The molecule has 0 aliphatic carbocycles. The maximum absolute atomic E-state index is 12.7. The molecule has 2 aliphatic rings. The molecule has 46 heavy (non-hydrogen) atoms. The predicted octanol–water partition coefficient (Wildman–Crippen LogP) is 1.87. The number of carbonyl (C=O) groups is 3. The van der Waals surface area contributed by atoms with E-state index in [0.717, 1.165) is 59.7 Å². The van der Waals surface area contributed by atoms with Gasteiger partial charge in [0.15, 0.2) is 0 Å². The molecule has 0 bridgehead atoms. The highest BCUT2D eigenvalue weighted by atomic mass is 16.5. The van der Waals surface area contributed by atoms with Crippen molar-refractivity contribution >= 4 is 34.2 Å². The van der Waals surface area contributed by atoms with Gasteiger partial charge in [-0.3, -0.25) is 34.4 Å². The average molecular weight is 626 g/mol. The Morgan fingerprint density at radius 3 is 2.46 bits per heavy atom. The van der Waals surface area contributed by atoms with Crippen molar-refractivity contribution < 1.29 is 23.9 Å². The normalized spacial score (nSPS) is 17.1. The second-order valence-corrected chi connectivity index (χ2v) is 11.4. The second-order valence-electron chi connectivity index (χ2n) is 11.4. The molecule has 3 amide bonds. The lowest BCUT2D eigenvalue weighted by Gasteiger charge is -2.36. The molecule has 6 rings (SSSR count). The van der Waals surface area contributed by atoms with Gasteiger partial charge in [0.05, 0.1) is 31.5 Å². The summed E-state index contributed by atoms with van der Waals surface area (Å²) >= 11 is 0. The maximum Gasteiger partial charge on any atom is 0.270 e. The number of hydrogen-bond acceptors (Lipinski definition) is 10. The SMILES string of the molecule is COc1cc(-c2cn(C)c(=O)c3cnccc23)c(OC)cc1CN1CCN(c2ccc(C(=O)NC3CCC(=O)NC3=O)nc2)CC1. The number of fused-ring (bicyclic) bond motifs is 1. The topological polar surface area (TPSA) is 148 Å². The highest BCUT2D eigenvalue weighted by molar-refractivity contribution is 6.03. The molecule has 3 aromatic heterocycles. The summed E-state index contributed by atoms with van der Waals surface area (Å²) in [5.41, 5.74) is 3.65. The first-order valence-electron chi connectivity index (χ1n) is 15.0. The van der Waals surface area contributed by atoms with Gasteiger partial charge in [-0.1, -0.05) is 0 Å². The summed E-state index contributed by atoms with van der Waals surface area (Å²) in [6.07, 6.45) is 7.20. The lowest BCUT2D eigenvalue weighted by molar-refractivity contribution is -0.134. The molecule has 0 spiro atoms. The number of benzene rings is 1. The van der Waals surface area contributed by atoms with Crippen LogP contribution >= 0.6 is 0 Å². The van der Waals surface area contributed by atoms with Crippen LogP contribution in [0.1, 0.15) is 28.9 Å². The Bertz CT molecular complexity index is 1870. The number of hydrogen-bond donors (Lipinski definition) is 2. The minimum absolute atomic E-state index is 0.115. The molecule has 0 saturated carbocycles. The van der Waals surface area contributed by atoms with Gasteiger partial charge in [-0.2, -0.15) is 0 Å². The summed E-state index contributed by atoms with van der Waals surface area (Å²) in [4.78, 5) is 61.7. The monoisotopic (exact) mass is 625 g/mol. The molecule has 1 aromatic carbocycles. The molecule has 2 saturated heterocycles. The number of anilines is 1. The Hall–Kier alpha value is -5.30. The Kier molecular flexibility index (Phi) is 8.66. The third kappa shape index (κ3) is 6.13. The van der Waals surface area contributed by atoms with E-state index in [-0.39, 0.29) is 30.0 Å². The Morgan fingerprint density at radius 2 is 1.76 bits per heavy atom. The minimum Gasteiger partial charge on any atom is -0.496 e. The number of aromatic nitrogens is 3. The van der Waals surface area contributed by atoms with Gasteiger partial charge in [0.1, 0.15) is 23.2 Å². The van der Waals surface area contributed by atoms with Crippen molar-refractivity contribution in [3.8, 4) is 22.6 Å². The van der Waals surface area contributed by atoms with Gasteiger partial charge in [0.2, 0.25) is 11.8 Å². The van der Waals surface area contributed by atoms with Gasteiger partial charge in [0, 0.05) is 81.5 Å². The number of ether oxygens (including phenoxy) is 2. The number of aryl methyl sites for hydroxylation is 1. The van der Waals surface area contributed by atoms with Gasteiger partial charge in [-0.05, 0) is 42.1 Å². The number of nitrogens with zero attached hydrogens (tertiary/aromatic N) is 5. The number of imide groups is 1. The lowest BCUT2D eigenvalue weighted by Crippen LogP contribution is -2.52. The number of nitrogens with one attached hydrogen (secondary N) is 2. The highest BCUT2D eigenvalue weighted by Crippen LogP contribution is 2.39. The summed E-state index contributed by atoms with van der Waals surface area (Å²) in [5, 5.41) is 6.22. The third-order valence-corrected chi connectivity index (χ3v) is 8.53. The molecule has 1 unspecified atom stereocenters. The summed E-state index contributed by atoms with van der Waals surface area (Å²) in [6, 6.07) is 8.56. The fourth-order valence-electron chi connectivity index (χ4n) is 6.00. The fourth-order valence-corrected chi connectivity index (χ4v) is 6.00. The zero-order chi connectivity index (χ0) is 32.4. The van der Waals surface area contributed by atoms with E-state index in [1.165, 1.54) is 0 Å². The van der Waals surface area contributed by atoms with E-state index in [9.17, 15) is 19.2 Å². The molecule has 2 N–H and O–H groups in total. The summed E-state index contributed by atoms with van der Waals surface area (Å²) in [6.45, 7) is 3.77. The zero-order valence-electron chi connectivity index (χ0n) is 25.9. The standard InChI is InChI=1S/C33H35N7O6/c1-38-19-25(22-8-9-34-17-24(22)33(38)44)23-15-28(45-2)20(14-29(23)46-3)18-39-10-12-40(13-11-39)21-4-5-26(35-16-21)31(42)36-27-6-7-30(41)37-32(27)43/h4-5,8-9,14-17,19,27H,6-7,10-13,18H2,1-3H3,(H,36,42)(H,37,41,43). The zero-order valence-corrected chi connectivity index (χ0v) is 25.9. The molecular formula is C33H35N7O6. The average Bonchev–Trinajstić information content (AvgIpc) is 3.08. The van der Waals surface area contributed by atoms with Gasteiger partial charge in [-0.15, -0.1) is 0 Å². The van der Waals surface area contributed by atoms with Crippen LogP contribution in [0, 0.1) is 0 Å². The predicted molar refractivity (Wildman–Crippen MR) is 171 cm³/mol. The Labute approximate surface area is 265 Å². The van der Waals surface area contributed by atoms with E-state index in [2.05, 4.69) is 30.4 Å². The molecule has 238 valence electrons. The molecule has 0 radical (unpaired) electrons. The Balaban J connectivity index is 1.12. The molecule has 4 aromatic rings. The van der Waals surface area contributed by atoms with Crippen LogP contribution in [0.2, 0.25) is 0 Å². The smallest absolute Gasteiger partial charge is 0.270 e. The van der Waals surface area contributed by atoms with E-state index in [1.54, 1.807) is 50.5 Å². The number of methoxy groups -OCH3 is 2. The summed E-state index contributed by atoms with van der Waals surface area (Å²) in [5.74, 6) is 0.119. The lowest BCUT2D eigenvalue weighted by atomic mass is 9.98. The van der Waals surface area contributed by atoms with Crippen molar-refractivity contribution in [3.05, 3.63) is 76.7 Å². The van der Waals surface area contributed by atoms with Crippen molar-refractivity contribution in [1.82, 2.24) is 30.1 Å². The second kappa shape index (κ2) is 13.0. The van der Waals surface area contributed by atoms with Crippen LogP contribution in [-0.2, 0) is 23.2 Å². The number of piperazine rings is 1. The van der Waals surface area contributed by atoms with Crippen LogP contribution in [0.15, 0.2) is 59.9 Å². The Morgan fingerprint density at radius 1 is 0.978 bits per heavy atom. The first-order valence-corrected chi connectivity index (χ1v) is 15.0. The quantitative estimate of drug-likeness (QED) is 0.278. The van der Waals surface area contributed by atoms with Crippen molar-refractivity contribution in [3.63, 3.8) is 0 Å². The van der Waals surface area contributed by atoms with Gasteiger partial charge in [-0.25, -0.2) is 4.98 Å². The fraction of sp³-hybridized carbons (Fsp3) is 0.333. The number of carbonyl (C=O) groups excluding carboxylic acids is 3. The van der Waals surface area contributed by atoms with E-state index in [1.807, 2.05) is 30.5 Å². The highest BCUT2D eigenvalue weighted by Gasteiger charge is 2.28. The van der Waals surface area contributed by atoms with E-state index < -0.39 is 17.9 Å². The number of pyridine rings is 3. The first kappa shape index (κ1) is 30.7. The van der Waals surface area contributed by atoms with Crippen LogP contribution in [0.5, 0.6) is 11.5 Å². The van der Waals surface area contributed by atoms with Gasteiger partial charge in [0.25, 0.3) is 11.5 Å². The minimum atomic E-state index is -0.749. The number of amides is 3. The van der Waals surface area contributed by atoms with Crippen LogP contribution in [0.3, 0.4) is 0 Å². The number of piperidine rings is 1. The number of rotatable bonds is 8. The molecule has 13 heteroatoms. The van der Waals surface area contributed by atoms with Crippen molar-refractivity contribution in [2.75, 3.05) is 45.3 Å². The van der Waals surface area contributed by atoms with Crippen LogP contribution < -0.4 is 30.6 Å². The molecule has 2 aliphatic heterocycles. The van der Waals surface area contributed by atoms with Crippen molar-refractivity contribution in [1.29, 1.82) is 0 Å². The third-order valence-electron chi connectivity index (χ3n) is 8.53. The summed E-state index contributed by atoms with van der Waals surface area (Å²) in [7, 11) is 5.01. The largest absolute Gasteiger partial charge is 0.496 e. The molecule has 5 heterocycles. The molecule has 13 nitrogen and oxygen atoms in total. The van der Waals surface area contributed by atoms with E-state index in [0.29, 0.717) is 17.7 Å². The van der Waals surface area contributed by atoms with Crippen LogP contribution in [-0.4, -0.2) is 83.6 Å². The van der Waals surface area contributed by atoms with Crippen LogP contribution in [0.25, 0.3) is 21.9 Å². The van der Waals surface area contributed by atoms with Crippen molar-refractivity contribution in [2.24, 2.45) is 7.05 Å². The van der Waals surface area contributed by atoms with Gasteiger partial charge < -0.3 is 24.3 Å². The molecule has 2 fully saturated rings.